The van der Waals surface area contributed by atoms with Gasteiger partial charge in [0.1, 0.15) is 16.9 Å². The molecule has 0 atom stereocenters. The van der Waals surface area contributed by atoms with E-state index in [-0.39, 0.29) is 17.3 Å². The Hall–Kier alpha value is -3.90. The van der Waals surface area contributed by atoms with E-state index in [0.29, 0.717) is 38.6 Å². The molecule has 0 spiro atoms. The smallest absolute Gasteiger partial charge is 0.261 e. The number of aromatic nitrogens is 3. The van der Waals surface area contributed by atoms with Gasteiger partial charge in [0.15, 0.2) is 5.65 Å². The van der Waals surface area contributed by atoms with Crippen molar-refractivity contribution in [2.75, 3.05) is 11.1 Å². The van der Waals surface area contributed by atoms with Crippen LogP contribution in [0.3, 0.4) is 0 Å². The molecule has 146 valence electrons. The third-order valence-corrected chi connectivity index (χ3v) is 5.06. The topological polar surface area (TPSA) is 85.8 Å². The number of anilines is 2. The fraction of sp³-hybridized carbons (Fsp3) is 0. The molecule has 6 nitrogen and oxygen atoms in total. The number of fused-ring (bicyclic) bond motifs is 2. The monoisotopic (exact) mass is 413 g/mol. The number of nitrogens with two attached hydrogens (primary N) is 1. The Kier molecular flexibility index (Phi) is 4.34. The molecule has 0 aliphatic heterocycles. The SMILES string of the molecule is Nc1c(C(=O)Nc2ccccc2)c2nc3ccccc3nc2n1-c1cccc(Cl)c1. The van der Waals surface area contributed by atoms with Crippen LogP contribution >= 0.6 is 11.6 Å². The second-order valence-electron chi connectivity index (χ2n) is 6.78. The number of carbonyl (C=O) groups excluding carboxylic acids is 1. The second-order valence-corrected chi connectivity index (χ2v) is 7.22. The van der Waals surface area contributed by atoms with Gasteiger partial charge < -0.3 is 11.1 Å². The molecule has 3 N–H and O–H groups in total. The van der Waals surface area contributed by atoms with E-state index in [1.54, 1.807) is 16.7 Å². The zero-order chi connectivity index (χ0) is 20.7. The van der Waals surface area contributed by atoms with Crippen molar-refractivity contribution in [1.29, 1.82) is 0 Å². The van der Waals surface area contributed by atoms with Crippen molar-refractivity contribution in [1.82, 2.24) is 14.5 Å². The highest BCUT2D eigenvalue weighted by atomic mass is 35.5. The van der Waals surface area contributed by atoms with Gasteiger partial charge in [-0.25, -0.2) is 9.97 Å². The Morgan fingerprint density at radius 3 is 2.33 bits per heavy atom. The van der Waals surface area contributed by atoms with E-state index in [1.165, 1.54) is 0 Å². The van der Waals surface area contributed by atoms with Crippen molar-refractivity contribution >= 4 is 51.2 Å². The number of carbonyl (C=O) groups is 1. The number of amides is 1. The summed E-state index contributed by atoms with van der Waals surface area (Å²) in [7, 11) is 0. The third-order valence-electron chi connectivity index (χ3n) is 4.82. The van der Waals surface area contributed by atoms with Crippen LogP contribution in [0.1, 0.15) is 10.4 Å². The summed E-state index contributed by atoms with van der Waals surface area (Å²) in [6, 6.07) is 23.9. The maximum atomic E-state index is 13.2. The third kappa shape index (κ3) is 3.03. The van der Waals surface area contributed by atoms with Gasteiger partial charge in [-0.15, -0.1) is 0 Å². The molecule has 0 saturated heterocycles. The van der Waals surface area contributed by atoms with Crippen LogP contribution in [0.25, 0.3) is 27.9 Å². The standard InChI is InChI=1S/C23H16ClN5O/c24-14-7-6-10-16(13-14)29-21(25)19(23(30)26-15-8-2-1-3-9-15)20-22(29)28-18-12-5-4-11-17(18)27-20/h1-13H,25H2,(H,26,30). The van der Waals surface area contributed by atoms with Gasteiger partial charge in [-0.1, -0.05) is 48.0 Å². The minimum atomic E-state index is -0.353. The van der Waals surface area contributed by atoms with Crippen molar-refractivity contribution in [3.8, 4) is 5.69 Å². The summed E-state index contributed by atoms with van der Waals surface area (Å²) in [5, 5.41) is 3.44. The Morgan fingerprint density at radius 1 is 0.900 bits per heavy atom. The number of hydrogen-bond acceptors (Lipinski definition) is 4. The number of halogens is 1. The van der Waals surface area contributed by atoms with Crippen LogP contribution in [0.5, 0.6) is 0 Å². The molecule has 2 heterocycles. The first-order valence-corrected chi connectivity index (χ1v) is 9.68. The van der Waals surface area contributed by atoms with Crippen LogP contribution in [0.4, 0.5) is 11.5 Å². The van der Waals surface area contributed by atoms with Crippen LogP contribution in [0.2, 0.25) is 5.02 Å². The van der Waals surface area contributed by atoms with E-state index in [0.717, 1.165) is 0 Å². The molecular formula is C23H16ClN5O. The molecule has 3 aromatic carbocycles. The first-order valence-electron chi connectivity index (χ1n) is 9.31. The minimum Gasteiger partial charge on any atom is -0.384 e. The molecule has 0 saturated carbocycles. The summed E-state index contributed by atoms with van der Waals surface area (Å²) in [5.74, 6) is -0.106. The Labute approximate surface area is 176 Å². The first kappa shape index (κ1) is 18.1. The molecule has 0 bridgehead atoms. The molecule has 2 aromatic heterocycles. The highest BCUT2D eigenvalue weighted by molar-refractivity contribution is 6.30. The van der Waals surface area contributed by atoms with Crippen LogP contribution < -0.4 is 11.1 Å². The lowest BCUT2D eigenvalue weighted by Crippen LogP contribution is -2.14. The van der Waals surface area contributed by atoms with Crippen molar-refractivity contribution in [2.24, 2.45) is 0 Å². The quantitative estimate of drug-likeness (QED) is 0.432. The van der Waals surface area contributed by atoms with Crippen LogP contribution in [0.15, 0.2) is 78.9 Å². The fourth-order valence-corrected chi connectivity index (χ4v) is 3.66. The Morgan fingerprint density at radius 2 is 1.60 bits per heavy atom. The Bertz CT molecular complexity index is 1410. The molecule has 7 heteroatoms. The van der Waals surface area contributed by atoms with Gasteiger partial charge >= 0.3 is 0 Å². The highest BCUT2D eigenvalue weighted by Crippen LogP contribution is 2.32. The lowest BCUT2D eigenvalue weighted by molar-refractivity contribution is 0.102. The van der Waals surface area contributed by atoms with Crippen LogP contribution in [-0.2, 0) is 0 Å². The number of nitrogen functional groups attached to an aromatic ring is 1. The maximum absolute atomic E-state index is 13.2. The zero-order valence-corrected chi connectivity index (χ0v) is 16.5. The summed E-state index contributed by atoms with van der Waals surface area (Å²) in [6.45, 7) is 0. The summed E-state index contributed by atoms with van der Waals surface area (Å²) in [6.07, 6.45) is 0. The Balaban J connectivity index is 1.78. The fourth-order valence-electron chi connectivity index (χ4n) is 3.48. The van der Waals surface area contributed by atoms with E-state index in [4.69, 9.17) is 27.3 Å². The van der Waals surface area contributed by atoms with E-state index in [2.05, 4.69) is 5.32 Å². The predicted molar refractivity (Wildman–Crippen MR) is 120 cm³/mol. The number of nitrogens with zero attached hydrogens (tertiary/aromatic N) is 3. The van der Waals surface area contributed by atoms with Gasteiger partial charge in [0.2, 0.25) is 0 Å². The van der Waals surface area contributed by atoms with Crippen LogP contribution in [0, 0.1) is 0 Å². The number of nitrogens with one attached hydrogen (secondary N) is 1. The molecule has 5 aromatic rings. The summed E-state index contributed by atoms with van der Waals surface area (Å²) < 4.78 is 1.71. The van der Waals surface area contributed by atoms with Gasteiger partial charge in [0.25, 0.3) is 5.91 Å². The average molecular weight is 414 g/mol. The van der Waals surface area contributed by atoms with E-state index in [1.807, 2.05) is 66.7 Å². The highest BCUT2D eigenvalue weighted by Gasteiger charge is 2.25. The molecule has 0 aliphatic rings. The average Bonchev–Trinajstić information content (AvgIpc) is 3.03. The number of rotatable bonds is 3. The van der Waals surface area contributed by atoms with Crippen LogP contribution in [-0.4, -0.2) is 20.4 Å². The molecule has 0 aliphatic carbocycles. The van der Waals surface area contributed by atoms with Crippen molar-refractivity contribution in [2.45, 2.75) is 0 Å². The maximum Gasteiger partial charge on any atom is 0.261 e. The summed E-state index contributed by atoms with van der Waals surface area (Å²) in [4.78, 5) is 22.7. The number of hydrogen-bond donors (Lipinski definition) is 2. The van der Waals surface area contributed by atoms with Crippen molar-refractivity contribution in [3.05, 3.63) is 89.4 Å². The van der Waals surface area contributed by atoms with Crippen molar-refractivity contribution < 1.29 is 4.79 Å². The minimum absolute atomic E-state index is 0.246. The van der Waals surface area contributed by atoms with E-state index >= 15 is 0 Å². The van der Waals surface area contributed by atoms with Gasteiger partial charge in [-0.05, 0) is 42.5 Å². The molecular weight excluding hydrogens is 398 g/mol. The molecule has 1 amide bonds. The second kappa shape index (κ2) is 7.17. The normalized spacial score (nSPS) is 11.1. The van der Waals surface area contributed by atoms with E-state index in [9.17, 15) is 4.79 Å². The molecule has 0 fully saturated rings. The zero-order valence-electron chi connectivity index (χ0n) is 15.7. The number of benzene rings is 3. The van der Waals surface area contributed by atoms with Gasteiger partial charge in [0, 0.05) is 10.7 Å². The summed E-state index contributed by atoms with van der Waals surface area (Å²) in [5.41, 5.74) is 10.4. The van der Waals surface area contributed by atoms with Crippen molar-refractivity contribution in [3.63, 3.8) is 0 Å². The number of para-hydroxylation sites is 3. The summed E-state index contributed by atoms with van der Waals surface area (Å²) >= 11 is 6.20. The largest absolute Gasteiger partial charge is 0.384 e. The van der Waals surface area contributed by atoms with Gasteiger partial charge in [-0.3, -0.25) is 9.36 Å². The lowest BCUT2D eigenvalue weighted by atomic mass is 10.2. The van der Waals surface area contributed by atoms with Gasteiger partial charge in [0.05, 0.1) is 16.7 Å². The first-order chi connectivity index (χ1) is 14.6. The van der Waals surface area contributed by atoms with Gasteiger partial charge in [-0.2, -0.15) is 0 Å². The molecule has 0 radical (unpaired) electrons. The predicted octanol–water partition coefficient (Wildman–Crippen LogP) is 5.06. The molecule has 30 heavy (non-hydrogen) atoms. The van der Waals surface area contributed by atoms with E-state index < -0.39 is 0 Å². The molecule has 5 rings (SSSR count). The lowest BCUT2D eigenvalue weighted by Gasteiger charge is -2.08. The molecule has 0 unspecified atom stereocenters.